The standard InChI is InChI=1S/C16H19NO3/c1-11-8-9-12(15(10-11)19-3)17-13-6-5-7-14(18-2)16(13)20-4/h5-10,17H,1-4H3. The Labute approximate surface area is 119 Å². The first-order chi connectivity index (χ1) is 9.69. The van der Waals surface area contributed by atoms with Crippen molar-refractivity contribution < 1.29 is 14.2 Å². The van der Waals surface area contributed by atoms with Gasteiger partial charge in [0.15, 0.2) is 11.5 Å². The number of rotatable bonds is 5. The Kier molecular flexibility index (Phi) is 4.35. The molecule has 2 rings (SSSR count). The Morgan fingerprint density at radius 1 is 0.800 bits per heavy atom. The number of para-hydroxylation sites is 1. The summed E-state index contributed by atoms with van der Waals surface area (Å²) in [6.07, 6.45) is 0. The van der Waals surface area contributed by atoms with Crippen molar-refractivity contribution in [1.82, 2.24) is 0 Å². The predicted molar refractivity (Wildman–Crippen MR) is 80.6 cm³/mol. The number of ether oxygens (including phenoxy) is 3. The fraction of sp³-hybridized carbons (Fsp3) is 0.250. The fourth-order valence-electron chi connectivity index (χ4n) is 2.03. The van der Waals surface area contributed by atoms with E-state index in [1.54, 1.807) is 21.3 Å². The number of methoxy groups -OCH3 is 3. The summed E-state index contributed by atoms with van der Waals surface area (Å²) < 4.78 is 16.1. The van der Waals surface area contributed by atoms with Crippen LogP contribution in [0.4, 0.5) is 11.4 Å². The van der Waals surface area contributed by atoms with Crippen LogP contribution in [0.15, 0.2) is 36.4 Å². The minimum absolute atomic E-state index is 0.664. The van der Waals surface area contributed by atoms with Gasteiger partial charge in [0.25, 0.3) is 0 Å². The average molecular weight is 273 g/mol. The van der Waals surface area contributed by atoms with Crippen LogP contribution in [-0.4, -0.2) is 21.3 Å². The van der Waals surface area contributed by atoms with Crippen molar-refractivity contribution in [2.75, 3.05) is 26.6 Å². The van der Waals surface area contributed by atoms with Gasteiger partial charge < -0.3 is 19.5 Å². The number of hydrogen-bond acceptors (Lipinski definition) is 4. The molecule has 0 saturated heterocycles. The largest absolute Gasteiger partial charge is 0.495 e. The van der Waals surface area contributed by atoms with Crippen LogP contribution in [-0.2, 0) is 0 Å². The van der Waals surface area contributed by atoms with Gasteiger partial charge in [0.1, 0.15) is 5.75 Å². The normalized spacial score (nSPS) is 10.0. The third kappa shape index (κ3) is 2.79. The average Bonchev–Trinajstić information content (AvgIpc) is 2.48. The molecule has 0 saturated carbocycles. The lowest BCUT2D eigenvalue weighted by Crippen LogP contribution is -1.99. The second-order valence-corrected chi connectivity index (χ2v) is 4.37. The van der Waals surface area contributed by atoms with Crippen molar-refractivity contribution in [3.8, 4) is 17.2 Å². The molecule has 0 unspecified atom stereocenters. The molecule has 2 aromatic carbocycles. The number of hydrogen-bond donors (Lipinski definition) is 1. The van der Waals surface area contributed by atoms with Crippen molar-refractivity contribution in [1.29, 1.82) is 0 Å². The van der Waals surface area contributed by atoms with Gasteiger partial charge in [0.05, 0.1) is 32.7 Å². The fourth-order valence-corrected chi connectivity index (χ4v) is 2.03. The van der Waals surface area contributed by atoms with E-state index in [9.17, 15) is 0 Å². The van der Waals surface area contributed by atoms with Gasteiger partial charge in [-0.15, -0.1) is 0 Å². The number of anilines is 2. The molecule has 0 aliphatic rings. The molecule has 0 amide bonds. The molecule has 0 spiro atoms. The molecule has 106 valence electrons. The first-order valence-corrected chi connectivity index (χ1v) is 6.32. The highest BCUT2D eigenvalue weighted by molar-refractivity contribution is 5.73. The molecule has 0 fully saturated rings. The maximum absolute atomic E-state index is 5.41. The Bertz CT molecular complexity index is 596. The molecule has 0 heterocycles. The van der Waals surface area contributed by atoms with Crippen LogP contribution in [0.1, 0.15) is 5.56 Å². The van der Waals surface area contributed by atoms with E-state index in [0.717, 1.165) is 22.7 Å². The highest BCUT2D eigenvalue weighted by atomic mass is 16.5. The summed E-state index contributed by atoms with van der Waals surface area (Å²) in [5, 5.41) is 3.31. The van der Waals surface area contributed by atoms with Crippen LogP contribution < -0.4 is 19.5 Å². The monoisotopic (exact) mass is 273 g/mol. The van der Waals surface area contributed by atoms with E-state index in [4.69, 9.17) is 14.2 Å². The molecule has 0 radical (unpaired) electrons. The molecule has 4 nitrogen and oxygen atoms in total. The van der Waals surface area contributed by atoms with E-state index in [2.05, 4.69) is 5.32 Å². The molecular formula is C16H19NO3. The molecule has 1 N–H and O–H groups in total. The van der Waals surface area contributed by atoms with E-state index in [-0.39, 0.29) is 0 Å². The van der Waals surface area contributed by atoms with Gasteiger partial charge in [-0.1, -0.05) is 12.1 Å². The van der Waals surface area contributed by atoms with Gasteiger partial charge >= 0.3 is 0 Å². The summed E-state index contributed by atoms with van der Waals surface area (Å²) in [6.45, 7) is 2.03. The topological polar surface area (TPSA) is 39.7 Å². The lowest BCUT2D eigenvalue weighted by atomic mass is 10.2. The summed E-state index contributed by atoms with van der Waals surface area (Å²) in [5.41, 5.74) is 2.85. The van der Waals surface area contributed by atoms with Crippen LogP contribution in [0.3, 0.4) is 0 Å². The lowest BCUT2D eigenvalue weighted by molar-refractivity contribution is 0.356. The maximum Gasteiger partial charge on any atom is 0.184 e. The van der Waals surface area contributed by atoms with Gasteiger partial charge in [0, 0.05) is 0 Å². The summed E-state index contributed by atoms with van der Waals surface area (Å²) >= 11 is 0. The third-order valence-corrected chi connectivity index (χ3v) is 3.03. The number of aryl methyl sites for hydroxylation is 1. The van der Waals surface area contributed by atoms with Gasteiger partial charge in [-0.2, -0.15) is 0 Å². The van der Waals surface area contributed by atoms with Crippen LogP contribution in [0.2, 0.25) is 0 Å². The highest BCUT2D eigenvalue weighted by Crippen LogP contribution is 2.38. The molecule has 4 heteroatoms. The van der Waals surface area contributed by atoms with Gasteiger partial charge in [-0.05, 0) is 36.8 Å². The van der Waals surface area contributed by atoms with E-state index < -0.39 is 0 Å². The maximum atomic E-state index is 5.41. The quantitative estimate of drug-likeness (QED) is 0.900. The number of nitrogens with one attached hydrogen (secondary N) is 1. The summed E-state index contributed by atoms with van der Waals surface area (Å²) in [4.78, 5) is 0. The zero-order valence-corrected chi connectivity index (χ0v) is 12.2. The van der Waals surface area contributed by atoms with Crippen molar-refractivity contribution in [2.24, 2.45) is 0 Å². The molecule has 0 atom stereocenters. The van der Waals surface area contributed by atoms with E-state index in [0.29, 0.717) is 11.5 Å². The Morgan fingerprint density at radius 2 is 1.55 bits per heavy atom. The third-order valence-electron chi connectivity index (χ3n) is 3.03. The highest BCUT2D eigenvalue weighted by Gasteiger charge is 2.11. The SMILES string of the molecule is COc1cc(C)ccc1Nc1cccc(OC)c1OC. The smallest absolute Gasteiger partial charge is 0.184 e. The van der Waals surface area contributed by atoms with Crippen LogP contribution >= 0.6 is 0 Å². The van der Waals surface area contributed by atoms with Crippen LogP contribution in [0.25, 0.3) is 0 Å². The van der Waals surface area contributed by atoms with Crippen LogP contribution in [0, 0.1) is 6.92 Å². The summed E-state index contributed by atoms with van der Waals surface area (Å²) in [7, 11) is 4.90. The Balaban J connectivity index is 2.39. The molecule has 20 heavy (non-hydrogen) atoms. The minimum atomic E-state index is 0.664. The van der Waals surface area contributed by atoms with E-state index in [1.807, 2.05) is 43.3 Å². The first kappa shape index (κ1) is 14.1. The van der Waals surface area contributed by atoms with Crippen molar-refractivity contribution in [3.05, 3.63) is 42.0 Å². The molecule has 0 aromatic heterocycles. The second kappa shape index (κ2) is 6.19. The van der Waals surface area contributed by atoms with Gasteiger partial charge in [-0.25, -0.2) is 0 Å². The molecular weight excluding hydrogens is 254 g/mol. The van der Waals surface area contributed by atoms with Gasteiger partial charge in [-0.3, -0.25) is 0 Å². The molecule has 0 aliphatic carbocycles. The summed E-state index contributed by atoms with van der Waals surface area (Å²) in [6, 6.07) is 11.7. The number of benzene rings is 2. The first-order valence-electron chi connectivity index (χ1n) is 6.32. The van der Waals surface area contributed by atoms with Crippen LogP contribution in [0.5, 0.6) is 17.2 Å². The van der Waals surface area contributed by atoms with E-state index in [1.165, 1.54) is 0 Å². The predicted octanol–water partition coefficient (Wildman–Crippen LogP) is 3.76. The zero-order valence-electron chi connectivity index (χ0n) is 12.2. The van der Waals surface area contributed by atoms with Crippen molar-refractivity contribution >= 4 is 11.4 Å². The second-order valence-electron chi connectivity index (χ2n) is 4.37. The van der Waals surface area contributed by atoms with Gasteiger partial charge in [0.2, 0.25) is 0 Å². The summed E-state index contributed by atoms with van der Waals surface area (Å²) in [5.74, 6) is 2.14. The van der Waals surface area contributed by atoms with Crippen molar-refractivity contribution in [3.63, 3.8) is 0 Å². The molecule has 0 aliphatic heterocycles. The zero-order chi connectivity index (χ0) is 14.5. The minimum Gasteiger partial charge on any atom is -0.495 e. The molecule has 2 aromatic rings. The Hall–Kier alpha value is -2.36. The van der Waals surface area contributed by atoms with Crippen molar-refractivity contribution in [2.45, 2.75) is 6.92 Å². The Morgan fingerprint density at radius 3 is 2.20 bits per heavy atom. The molecule has 0 bridgehead atoms. The van der Waals surface area contributed by atoms with E-state index >= 15 is 0 Å². The lowest BCUT2D eigenvalue weighted by Gasteiger charge is -2.16.